The largest absolute Gasteiger partial charge is 0.317 e. The predicted molar refractivity (Wildman–Crippen MR) is 78.0 cm³/mol. The van der Waals surface area contributed by atoms with Crippen molar-refractivity contribution in [3.8, 4) is 0 Å². The summed E-state index contributed by atoms with van der Waals surface area (Å²) >= 11 is 0. The van der Waals surface area contributed by atoms with Crippen molar-refractivity contribution in [2.24, 2.45) is 0 Å². The molecule has 2 fully saturated rings. The van der Waals surface area contributed by atoms with Gasteiger partial charge < -0.3 is 5.32 Å². The maximum absolute atomic E-state index is 3.52. The fourth-order valence-corrected chi connectivity index (χ4v) is 3.37. The molecule has 1 N–H and O–H groups in total. The van der Waals surface area contributed by atoms with Crippen LogP contribution < -0.4 is 5.32 Å². The van der Waals surface area contributed by atoms with Crippen molar-refractivity contribution in [2.75, 3.05) is 39.3 Å². The van der Waals surface area contributed by atoms with Crippen molar-refractivity contribution in [3.63, 3.8) is 0 Å². The molecule has 3 heteroatoms. The van der Waals surface area contributed by atoms with Crippen molar-refractivity contribution in [1.82, 2.24) is 15.1 Å². The summed E-state index contributed by atoms with van der Waals surface area (Å²) in [5.41, 5.74) is 0. The Bertz CT molecular complexity index is 226. The standard InChI is InChI=1S/C15H31N3/c1-3-8-16-9-6-14(2)18-12-7-15(13-18)17-10-4-5-11-17/h14-16H,3-13H2,1-2H3. The van der Waals surface area contributed by atoms with E-state index in [-0.39, 0.29) is 0 Å². The second kappa shape index (κ2) is 7.46. The summed E-state index contributed by atoms with van der Waals surface area (Å²) in [6.45, 7) is 12.3. The molecule has 3 nitrogen and oxygen atoms in total. The number of nitrogens with one attached hydrogen (secondary N) is 1. The Morgan fingerprint density at radius 2 is 1.94 bits per heavy atom. The lowest BCUT2D eigenvalue weighted by atomic mass is 10.2. The molecule has 0 amide bonds. The van der Waals surface area contributed by atoms with Gasteiger partial charge in [0.1, 0.15) is 0 Å². The Morgan fingerprint density at radius 1 is 1.17 bits per heavy atom. The van der Waals surface area contributed by atoms with Gasteiger partial charge in [-0.05, 0) is 65.2 Å². The highest BCUT2D eigenvalue weighted by Crippen LogP contribution is 2.22. The minimum Gasteiger partial charge on any atom is -0.317 e. The van der Waals surface area contributed by atoms with Gasteiger partial charge in [-0.2, -0.15) is 0 Å². The van der Waals surface area contributed by atoms with Crippen molar-refractivity contribution < 1.29 is 0 Å². The normalized spacial score (nSPS) is 28.0. The summed E-state index contributed by atoms with van der Waals surface area (Å²) in [4.78, 5) is 5.43. The van der Waals surface area contributed by atoms with Gasteiger partial charge in [0.2, 0.25) is 0 Å². The monoisotopic (exact) mass is 253 g/mol. The molecule has 2 heterocycles. The maximum atomic E-state index is 3.52. The molecule has 18 heavy (non-hydrogen) atoms. The minimum absolute atomic E-state index is 0.752. The SMILES string of the molecule is CCCNCCC(C)N1CCC(N2CCCC2)C1. The van der Waals surface area contributed by atoms with Crippen LogP contribution >= 0.6 is 0 Å². The van der Waals surface area contributed by atoms with E-state index in [1.54, 1.807) is 0 Å². The molecular formula is C15H31N3. The molecule has 0 aromatic rings. The van der Waals surface area contributed by atoms with Crippen molar-refractivity contribution in [2.45, 2.75) is 58.0 Å². The number of nitrogens with zero attached hydrogens (tertiary/aromatic N) is 2. The van der Waals surface area contributed by atoms with Gasteiger partial charge >= 0.3 is 0 Å². The fraction of sp³-hybridized carbons (Fsp3) is 1.00. The van der Waals surface area contributed by atoms with Crippen LogP contribution in [0.2, 0.25) is 0 Å². The summed E-state index contributed by atoms with van der Waals surface area (Å²) in [5, 5.41) is 3.52. The van der Waals surface area contributed by atoms with Gasteiger partial charge in [-0.3, -0.25) is 9.80 Å². The first-order valence-corrected chi connectivity index (χ1v) is 8.00. The van der Waals surface area contributed by atoms with E-state index in [9.17, 15) is 0 Å². The molecule has 2 atom stereocenters. The van der Waals surface area contributed by atoms with E-state index in [0.717, 1.165) is 12.1 Å². The number of hydrogen-bond donors (Lipinski definition) is 1. The quantitative estimate of drug-likeness (QED) is 0.700. The second-order valence-electron chi connectivity index (χ2n) is 6.07. The highest BCUT2D eigenvalue weighted by Gasteiger charge is 2.30. The number of rotatable bonds is 7. The Kier molecular flexibility index (Phi) is 5.93. The number of likely N-dealkylation sites (tertiary alicyclic amines) is 2. The average Bonchev–Trinajstić information content (AvgIpc) is 3.03. The van der Waals surface area contributed by atoms with Crippen LogP contribution in [-0.4, -0.2) is 61.2 Å². The maximum Gasteiger partial charge on any atom is 0.0235 e. The summed E-state index contributed by atoms with van der Waals surface area (Å²) in [6.07, 6.45) is 6.79. The second-order valence-corrected chi connectivity index (χ2v) is 6.07. The highest BCUT2D eigenvalue weighted by molar-refractivity contribution is 4.87. The van der Waals surface area contributed by atoms with Crippen LogP contribution in [0.1, 0.15) is 46.0 Å². The molecule has 2 unspecified atom stereocenters. The van der Waals surface area contributed by atoms with Crippen LogP contribution in [0.5, 0.6) is 0 Å². The third-order valence-electron chi connectivity index (χ3n) is 4.64. The lowest BCUT2D eigenvalue weighted by Crippen LogP contribution is -2.38. The molecule has 0 spiro atoms. The van der Waals surface area contributed by atoms with Gasteiger partial charge in [0.05, 0.1) is 0 Å². The smallest absolute Gasteiger partial charge is 0.0235 e. The Balaban J connectivity index is 1.64. The summed E-state index contributed by atoms with van der Waals surface area (Å²) in [6, 6.07) is 1.61. The van der Waals surface area contributed by atoms with Crippen LogP contribution in [0.4, 0.5) is 0 Å². The molecule has 0 radical (unpaired) electrons. The lowest BCUT2D eigenvalue weighted by Gasteiger charge is -2.27. The first-order valence-electron chi connectivity index (χ1n) is 8.00. The zero-order valence-electron chi connectivity index (χ0n) is 12.3. The van der Waals surface area contributed by atoms with Gasteiger partial charge in [-0.25, -0.2) is 0 Å². The molecule has 0 aliphatic carbocycles. The van der Waals surface area contributed by atoms with E-state index in [4.69, 9.17) is 0 Å². The van der Waals surface area contributed by atoms with E-state index in [0.29, 0.717) is 0 Å². The first kappa shape index (κ1) is 14.3. The van der Waals surface area contributed by atoms with Gasteiger partial charge in [0.25, 0.3) is 0 Å². The summed E-state index contributed by atoms with van der Waals surface area (Å²) in [7, 11) is 0. The lowest BCUT2D eigenvalue weighted by molar-refractivity contribution is 0.201. The van der Waals surface area contributed by atoms with Crippen LogP contribution in [0, 0.1) is 0 Å². The van der Waals surface area contributed by atoms with E-state index < -0.39 is 0 Å². The molecule has 2 rings (SSSR count). The van der Waals surface area contributed by atoms with Crippen molar-refractivity contribution in [1.29, 1.82) is 0 Å². The molecule has 106 valence electrons. The Morgan fingerprint density at radius 3 is 2.67 bits per heavy atom. The van der Waals surface area contributed by atoms with Gasteiger partial charge in [-0.1, -0.05) is 6.92 Å². The zero-order valence-corrected chi connectivity index (χ0v) is 12.3. The Labute approximate surface area is 113 Å². The zero-order chi connectivity index (χ0) is 12.8. The summed E-state index contributed by atoms with van der Waals surface area (Å²) in [5.74, 6) is 0. The van der Waals surface area contributed by atoms with E-state index >= 15 is 0 Å². The van der Waals surface area contributed by atoms with Crippen molar-refractivity contribution >= 4 is 0 Å². The van der Waals surface area contributed by atoms with Crippen LogP contribution in [0.3, 0.4) is 0 Å². The van der Waals surface area contributed by atoms with E-state index in [1.165, 1.54) is 71.4 Å². The molecule has 0 saturated carbocycles. The van der Waals surface area contributed by atoms with Crippen LogP contribution in [-0.2, 0) is 0 Å². The average molecular weight is 253 g/mol. The molecular weight excluding hydrogens is 222 g/mol. The third kappa shape index (κ3) is 3.94. The van der Waals surface area contributed by atoms with E-state index in [2.05, 4.69) is 29.0 Å². The topological polar surface area (TPSA) is 18.5 Å². The third-order valence-corrected chi connectivity index (χ3v) is 4.64. The van der Waals surface area contributed by atoms with Crippen LogP contribution in [0.25, 0.3) is 0 Å². The fourth-order valence-electron chi connectivity index (χ4n) is 3.37. The molecule has 2 saturated heterocycles. The van der Waals surface area contributed by atoms with Crippen LogP contribution in [0.15, 0.2) is 0 Å². The van der Waals surface area contributed by atoms with Gasteiger partial charge in [0, 0.05) is 25.2 Å². The van der Waals surface area contributed by atoms with E-state index in [1.807, 2.05) is 0 Å². The van der Waals surface area contributed by atoms with Crippen molar-refractivity contribution in [3.05, 3.63) is 0 Å². The number of hydrogen-bond acceptors (Lipinski definition) is 3. The summed E-state index contributed by atoms with van der Waals surface area (Å²) < 4.78 is 0. The first-order chi connectivity index (χ1) is 8.81. The molecule has 0 aromatic carbocycles. The highest BCUT2D eigenvalue weighted by atomic mass is 15.3. The van der Waals surface area contributed by atoms with Gasteiger partial charge in [-0.15, -0.1) is 0 Å². The predicted octanol–water partition coefficient (Wildman–Crippen LogP) is 1.93. The molecule has 2 aliphatic rings. The minimum atomic E-state index is 0.752. The van der Waals surface area contributed by atoms with Gasteiger partial charge in [0.15, 0.2) is 0 Å². The Hall–Kier alpha value is -0.120. The molecule has 2 aliphatic heterocycles. The molecule has 0 bridgehead atoms. The molecule has 0 aromatic heterocycles.